The molecule has 1 aromatic carbocycles. The Morgan fingerprint density at radius 2 is 2.00 bits per heavy atom. The summed E-state index contributed by atoms with van der Waals surface area (Å²) in [6.07, 6.45) is 5.57. The third-order valence-corrected chi connectivity index (χ3v) is 4.40. The van der Waals surface area contributed by atoms with Gasteiger partial charge >= 0.3 is 0 Å². The Balaban J connectivity index is 1.84. The molecule has 1 N–H and O–H groups in total. The van der Waals surface area contributed by atoms with Crippen molar-refractivity contribution < 1.29 is 4.74 Å². The topological polar surface area (TPSA) is 21.3 Å². The molecule has 0 bridgehead atoms. The summed E-state index contributed by atoms with van der Waals surface area (Å²) in [6.45, 7) is 4.85. The Bertz CT molecular complexity index is 410. The molecule has 1 heterocycles. The molecule has 1 aliphatic carbocycles. The van der Waals surface area contributed by atoms with Gasteiger partial charge in [0.05, 0.1) is 13.2 Å². The van der Waals surface area contributed by atoms with Crippen LogP contribution in [0, 0.1) is 5.92 Å². The second-order valence-corrected chi connectivity index (χ2v) is 5.60. The maximum atomic E-state index is 5.51. The Morgan fingerprint density at radius 1 is 1.22 bits per heavy atom. The van der Waals surface area contributed by atoms with Crippen molar-refractivity contribution >= 4 is 0 Å². The zero-order chi connectivity index (χ0) is 12.4. The van der Waals surface area contributed by atoms with Crippen LogP contribution in [0.5, 0.6) is 0 Å². The summed E-state index contributed by atoms with van der Waals surface area (Å²) in [4.78, 5) is 0. The summed E-state index contributed by atoms with van der Waals surface area (Å²) < 4.78 is 5.51. The molecule has 2 heteroatoms. The molecule has 2 nitrogen and oxygen atoms in total. The predicted molar refractivity (Wildman–Crippen MR) is 73.3 cm³/mol. The number of hydrogen-bond acceptors (Lipinski definition) is 2. The van der Waals surface area contributed by atoms with E-state index in [2.05, 4.69) is 30.4 Å². The van der Waals surface area contributed by atoms with Crippen LogP contribution >= 0.6 is 0 Å². The van der Waals surface area contributed by atoms with Gasteiger partial charge in [-0.1, -0.05) is 38.0 Å². The number of rotatable bonds is 4. The monoisotopic (exact) mass is 245 g/mol. The fourth-order valence-electron chi connectivity index (χ4n) is 3.45. The van der Waals surface area contributed by atoms with Crippen LogP contribution in [-0.4, -0.2) is 6.54 Å². The van der Waals surface area contributed by atoms with E-state index in [1.54, 1.807) is 0 Å². The largest absolute Gasteiger partial charge is 0.372 e. The van der Waals surface area contributed by atoms with Crippen molar-refractivity contribution in [1.29, 1.82) is 0 Å². The summed E-state index contributed by atoms with van der Waals surface area (Å²) in [7, 11) is 0. The summed E-state index contributed by atoms with van der Waals surface area (Å²) in [6, 6.07) is 7.48. The van der Waals surface area contributed by atoms with Gasteiger partial charge in [0.25, 0.3) is 0 Å². The number of hydrogen-bond donors (Lipinski definition) is 1. The average molecular weight is 245 g/mol. The third kappa shape index (κ3) is 2.32. The van der Waals surface area contributed by atoms with Crippen LogP contribution in [0.15, 0.2) is 18.2 Å². The first kappa shape index (κ1) is 12.2. The molecule has 0 radical (unpaired) electrons. The van der Waals surface area contributed by atoms with Gasteiger partial charge in [-0.15, -0.1) is 0 Å². The Hall–Kier alpha value is -0.860. The lowest BCUT2D eigenvalue weighted by atomic mass is 9.90. The summed E-state index contributed by atoms with van der Waals surface area (Å²) in [5, 5.41) is 3.69. The minimum absolute atomic E-state index is 0.545. The molecule has 1 saturated carbocycles. The van der Waals surface area contributed by atoms with E-state index in [-0.39, 0.29) is 0 Å². The number of benzene rings is 1. The average Bonchev–Trinajstić information content (AvgIpc) is 3.05. The van der Waals surface area contributed by atoms with Crippen LogP contribution in [0.2, 0.25) is 0 Å². The molecule has 1 aliphatic heterocycles. The molecule has 0 aromatic heterocycles. The van der Waals surface area contributed by atoms with Gasteiger partial charge in [-0.25, -0.2) is 0 Å². The van der Waals surface area contributed by atoms with Crippen LogP contribution in [-0.2, 0) is 18.0 Å². The smallest absolute Gasteiger partial charge is 0.0725 e. The first-order valence-corrected chi connectivity index (χ1v) is 7.31. The van der Waals surface area contributed by atoms with Crippen LogP contribution in [0.3, 0.4) is 0 Å². The number of ether oxygens (including phenoxy) is 1. The second kappa shape index (κ2) is 5.41. The summed E-state index contributed by atoms with van der Waals surface area (Å²) in [5.41, 5.74) is 4.24. The highest BCUT2D eigenvalue weighted by Gasteiger charge is 2.26. The molecule has 3 rings (SSSR count). The van der Waals surface area contributed by atoms with E-state index in [9.17, 15) is 0 Å². The first-order chi connectivity index (χ1) is 8.88. The van der Waals surface area contributed by atoms with Crippen molar-refractivity contribution in [3.8, 4) is 0 Å². The van der Waals surface area contributed by atoms with E-state index in [0.717, 1.165) is 25.7 Å². The highest BCUT2D eigenvalue weighted by molar-refractivity contribution is 5.35. The Labute approximate surface area is 110 Å². The second-order valence-electron chi connectivity index (χ2n) is 5.60. The van der Waals surface area contributed by atoms with Crippen LogP contribution < -0.4 is 5.32 Å². The molecule has 1 aromatic rings. The van der Waals surface area contributed by atoms with Gasteiger partial charge < -0.3 is 10.1 Å². The van der Waals surface area contributed by atoms with E-state index in [1.807, 2.05) is 0 Å². The normalized spacial score (nSPS) is 21.2. The fraction of sp³-hybridized carbons (Fsp3) is 0.625. The lowest BCUT2D eigenvalue weighted by molar-refractivity contribution is 0.134. The van der Waals surface area contributed by atoms with Crippen LogP contribution in [0.1, 0.15) is 55.3 Å². The van der Waals surface area contributed by atoms with Crippen molar-refractivity contribution in [2.24, 2.45) is 5.92 Å². The van der Waals surface area contributed by atoms with E-state index in [1.165, 1.54) is 42.4 Å². The highest BCUT2D eigenvalue weighted by atomic mass is 16.5. The molecular formula is C16H23NO. The zero-order valence-electron chi connectivity index (χ0n) is 11.2. The molecule has 0 amide bonds. The van der Waals surface area contributed by atoms with Gasteiger partial charge in [0.2, 0.25) is 0 Å². The van der Waals surface area contributed by atoms with E-state index in [0.29, 0.717) is 6.04 Å². The minimum atomic E-state index is 0.545. The molecule has 18 heavy (non-hydrogen) atoms. The van der Waals surface area contributed by atoms with Gasteiger partial charge in [0.15, 0.2) is 0 Å². The SMILES string of the molecule is CCNC(c1ccc2c(c1)COC2)C1CCCC1. The van der Waals surface area contributed by atoms with Crippen LogP contribution in [0.4, 0.5) is 0 Å². The number of fused-ring (bicyclic) bond motifs is 1. The van der Waals surface area contributed by atoms with E-state index < -0.39 is 0 Å². The van der Waals surface area contributed by atoms with Gasteiger partial charge in [0, 0.05) is 6.04 Å². The van der Waals surface area contributed by atoms with Gasteiger partial charge in [-0.3, -0.25) is 0 Å². The lowest BCUT2D eigenvalue weighted by Crippen LogP contribution is -2.27. The van der Waals surface area contributed by atoms with Gasteiger partial charge in [-0.05, 0) is 42.0 Å². The molecule has 1 atom stereocenters. The fourth-order valence-corrected chi connectivity index (χ4v) is 3.45. The Kier molecular flexibility index (Phi) is 3.67. The Morgan fingerprint density at radius 3 is 2.78 bits per heavy atom. The first-order valence-electron chi connectivity index (χ1n) is 7.31. The van der Waals surface area contributed by atoms with Crippen molar-refractivity contribution in [3.63, 3.8) is 0 Å². The maximum Gasteiger partial charge on any atom is 0.0725 e. The van der Waals surface area contributed by atoms with Crippen molar-refractivity contribution in [2.75, 3.05) is 6.54 Å². The zero-order valence-corrected chi connectivity index (χ0v) is 11.2. The molecule has 2 aliphatic rings. The molecule has 0 spiro atoms. The van der Waals surface area contributed by atoms with Crippen molar-refractivity contribution in [2.45, 2.75) is 51.9 Å². The predicted octanol–water partition coefficient (Wildman–Crippen LogP) is 3.56. The molecule has 0 saturated heterocycles. The van der Waals surface area contributed by atoms with Crippen molar-refractivity contribution in [3.05, 3.63) is 34.9 Å². The lowest BCUT2D eigenvalue weighted by Gasteiger charge is -2.25. The highest BCUT2D eigenvalue weighted by Crippen LogP contribution is 2.36. The van der Waals surface area contributed by atoms with Gasteiger partial charge in [0.1, 0.15) is 0 Å². The number of nitrogens with one attached hydrogen (secondary N) is 1. The third-order valence-electron chi connectivity index (χ3n) is 4.40. The minimum Gasteiger partial charge on any atom is -0.372 e. The standard InChI is InChI=1S/C16H23NO/c1-2-17-16(12-5-3-4-6-12)13-7-8-14-10-18-11-15(14)9-13/h7-9,12,16-17H,2-6,10-11H2,1H3. The molecular weight excluding hydrogens is 222 g/mol. The molecule has 1 unspecified atom stereocenters. The summed E-state index contributed by atoms with van der Waals surface area (Å²) in [5.74, 6) is 0.824. The van der Waals surface area contributed by atoms with Crippen LogP contribution in [0.25, 0.3) is 0 Å². The van der Waals surface area contributed by atoms with E-state index >= 15 is 0 Å². The maximum absolute atomic E-state index is 5.51. The molecule has 98 valence electrons. The van der Waals surface area contributed by atoms with E-state index in [4.69, 9.17) is 4.74 Å². The quantitative estimate of drug-likeness (QED) is 0.875. The summed E-state index contributed by atoms with van der Waals surface area (Å²) >= 11 is 0. The molecule has 1 fully saturated rings. The van der Waals surface area contributed by atoms with Gasteiger partial charge in [-0.2, -0.15) is 0 Å². The van der Waals surface area contributed by atoms with Crippen molar-refractivity contribution in [1.82, 2.24) is 5.32 Å².